The van der Waals surface area contributed by atoms with Gasteiger partial charge in [0.2, 0.25) is 5.91 Å². The van der Waals surface area contributed by atoms with Crippen molar-refractivity contribution >= 4 is 5.91 Å². The first kappa shape index (κ1) is 18.0. The van der Waals surface area contributed by atoms with E-state index in [1.165, 1.54) is 5.56 Å². The zero-order valence-corrected chi connectivity index (χ0v) is 15.8. The average molecular weight is 365 g/mol. The van der Waals surface area contributed by atoms with E-state index in [-0.39, 0.29) is 5.91 Å². The molecule has 2 nitrogen and oxygen atoms in total. The van der Waals surface area contributed by atoms with Crippen LogP contribution in [0.5, 0.6) is 0 Å². The average Bonchev–Trinajstić information content (AvgIpc) is 3.21. The van der Waals surface area contributed by atoms with Gasteiger partial charge in [0.25, 0.3) is 0 Å². The van der Waals surface area contributed by atoms with Gasteiger partial charge in [0, 0.05) is 18.2 Å². The number of rotatable bonds is 6. The molecule has 0 aliphatic carbocycles. The van der Waals surface area contributed by atoms with E-state index in [1.807, 2.05) is 65.4 Å². The summed E-state index contributed by atoms with van der Waals surface area (Å²) in [5.74, 6) is 0.136. The van der Waals surface area contributed by atoms with Gasteiger partial charge in [-0.25, -0.2) is 0 Å². The molecule has 1 aromatic heterocycles. The highest BCUT2D eigenvalue weighted by molar-refractivity contribution is 5.87. The minimum absolute atomic E-state index is 0.136. The molecule has 0 unspecified atom stereocenters. The molecule has 0 N–H and O–H groups in total. The molecule has 0 fully saturated rings. The Morgan fingerprint density at radius 3 is 1.89 bits per heavy atom. The van der Waals surface area contributed by atoms with Crippen LogP contribution in [-0.4, -0.2) is 10.5 Å². The summed E-state index contributed by atoms with van der Waals surface area (Å²) < 4.78 is 1.82. The van der Waals surface area contributed by atoms with Crippen LogP contribution >= 0.6 is 0 Å². The molecule has 0 bridgehead atoms. The van der Waals surface area contributed by atoms with Crippen LogP contribution in [0.15, 0.2) is 103 Å². The molecule has 0 aliphatic heterocycles. The molecule has 28 heavy (non-hydrogen) atoms. The fraction of sp³-hybridized carbons (Fsp3) is 0.115. The van der Waals surface area contributed by atoms with Crippen molar-refractivity contribution in [3.63, 3.8) is 0 Å². The number of benzene rings is 3. The van der Waals surface area contributed by atoms with E-state index in [0.29, 0.717) is 6.42 Å². The lowest BCUT2D eigenvalue weighted by molar-refractivity contribution is 0.0902. The molecule has 0 amide bonds. The number of carbonyl (C=O) groups is 1. The molecule has 0 saturated heterocycles. The largest absolute Gasteiger partial charge is 0.287 e. The summed E-state index contributed by atoms with van der Waals surface area (Å²) in [5.41, 5.74) is 5.47. The molecule has 4 aromatic rings. The molecule has 1 heterocycles. The van der Waals surface area contributed by atoms with Crippen molar-refractivity contribution in [3.05, 3.63) is 109 Å². The number of aryl methyl sites for hydroxylation is 1. The molecule has 3 aromatic carbocycles. The van der Waals surface area contributed by atoms with Crippen LogP contribution in [0.3, 0.4) is 0 Å². The second-order valence-electron chi connectivity index (χ2n) is 6.95. The Hall–Kier alpha value is -3.39. The van der Waals surface area contributed by atoms with Crippen molar-refractivity contribution in [1.29, 1.82) is 0 Å². The van der Waals surface area contributed by atoms with E-state index in [0.717, 1.165) is 35.2 Å². The van der Waals surface area contributed by atoms with Gasteiger partial charge in [-0.1, -0.05) is 91.0 Å². The summed E-state index contributed by atoms with van der Waals surface area (Å²) >= 11 is 0. The summed E-state index contributed by atoms with van der Waals surface area (Å²) in [6.45, 7) is 0. The van der Waals surface area contributed by atoms with Crippen molar-refractivity contribution in [3.8, 4) is 22.4 Å². The summed E-state index contributed by atoms with van der Waals surface area (Å²) in [7, 11) is 0. The first-order valence-corrected chi connectivity index (χ1v) is 9.71. The maximum atomic E-state index is 13.0. The fourth-order valence-electron chi connectivity index (χ4n) is 3.50. The van der Waals surface area contributed by atoms with Crippen molar-refractivity contribution in [2.45, 2.75) is 19.3 Å². The van der Waals surface area contributed by atoms with Crippen molar-refractivity contribution in [1.82, 2.24) is 4.57 Å². The zero-order chi connectivity index (χ0) is 19.2. The van der Waals surface area contributed by atoms with E-state index in [1.54, 1.807) is 0 Å². The molecular weight excluding hydrogens is 342 g/mol. The van der Waals surface area contributed by atoms with Crippen LogP contribution in [0.2, 0.25) is 0 Å². The molecule has 0 saturated carbocycles. The third-order valence-electron chi connectivity index (χ3n) is 4.96. The second-order valence-corrected chi connectivity index (χ2v) is 6.95. The summed E-state index contributed by atoms with van der Waals surface area (Å²) in [4.78, 5) is 13.0. The highest BCUT2D eigenvalue weighted by atomic mass is 16.2. The van der Waals surface area contributed by atoms with E-state index < -0.39 is 0 Å². The smallest absolute Gasteiger partial charge is 0.231 e. The van der Waals surface area contributed by atoms with Crippen molar-refractivity contribution < 1.29 is 4.79 Å². The minimum atomic E-state index is 0.136. The van der Waals surface area contributed by atoms with Gasteiger partial charge in [0.15, 0.2) is 0 Å². The second kappa shape index (κ2) is 8.53. The normalized spacial score (nSPS) is 10.7. The molecule has 4 rings (SSSR count). The molecule has 0 atom stereocenters. The maximum absolute atomic E-state index is 13.0. The Morgan fingerprint density at radius 1 is 0.679 bits per heavy atom. The zero-order valence-electron chi connectivity index (χ0n) is 15.8. The Labute approximate surface area is 166 Å². The molecule has 0 aliphatic rings. The minimum Gasteiger partial charge on any atom is -0.287 e. The van der Waals surface area contributed by atoms with E-state index in [4.69, 9.17) is 0 Å². The van der Waals surface area contributed by atoms with Gasteiger partial charge in [-0.05, 0) is 35.6 Å². The first-order chi connectivity index (χ1) is 13.8. The fourth-order valence-corrected chi connectivity index (χ4v) is 3.50. The lowest BCUT2D eigenvalue weighted by Gasteiger charge is -2.08. The third-order valence-corrected chi connectivity index (χ3v) is 4.96. The van der Waals surface area contributed by atoms with Crippen LogP contribution in [0.25, 0.3) is 22.4 Å². The monoisotopic (exact) mass is 365 g/mol. The SMILES string of the molecule is O=C(CCCc1ccccc1)n1cc(-c2ccccc2)cc1-c1ccccc1. The first-order valence-electron chi connectivity index (χ1n) is 9.71. The summed E-state index contributed by atoms with van der Waals surface area (Å²) in [5, 5.41) is 0. The van der Waals surface area contributed by atoms with E-state index >= 15 is 0 Å². The van der Waals surface area contributed by atoms with Gasteiger partial charge >= 0.3 is 0 Å². The Kier molecular flexibility index (Phi) is 5.48. The van der Waals surface area contributed by atoms with Gasteiger partial charge in [0.05, 0.1) is 5.69 Å². The van der Waals surface area contributed by atoms with E-state index in [9.17, 15) is 4.79 Å². The van der Waals surface area contributed by atoms with Crippen LogP contribution in [0.4, 0.5) is 0 Å². The van der Waals surface area contributed by atoms with Gasteiger partial charge in [-0.2, -0.15) is 0 Å². The lowest BCUT2D eigenvalue weighted by atomic mass is 10.1. The van der Waals surface area contributed by atoms with Gasteiger partial charge < -0.3 is 0 Å². The number of nitrogens with zero attached hydrogens (tertiary/aromatic N) is 1. The Bertz CT molecular complexity index is 1030. The Balaban J connectivity index is 1.59. The topological polar surface area (TPSA) is 22.0 Å². The number of carbonyl (C=O) groups excluding carboxylic acids is 1. The predicted molar refractivity (Wildman–Crippen MR) is 115 cm³/mol. The number of hydrogen-bond acceptors (Lipinski definition) is 1. The summed E-state index contributed by atoms with van der Waals surface area (Å²) in [6.07, 6.45) is 4.26. The highest BCUT2D eigenvalue weighted by Gasteiger charge is 2.14. The molecule has 2 heteroatoms. The standard InChI is InChI=1S/C26H23NO/c28-26(18-10-13-21-11-4-1-5-12-21)27-20-24(22-14-6-2-7-15-22)19-25(27)23-16-8-3-9-17-23/h1-9,11-12,14-17,19-20H,10,13,18H2. The molecule has 138 valence electrons. The third kappa shape index (κ3) is 4.12. The molecular formula is C26H23NO. The molecule has 0 radical (unpaired) electrons. The summed E-state index contributed by atoms with van der Waals surface area (Å²) in [6, 6.07) is 32.8. The highest BCUT2D eigenvalue weighted by Crippen LogP contribution is 2.29. The van der Waals surface area contributed by atoms with Crippen LogP contribution in [0, 0.1) is 0 Å². The quantitative estimate of drug-likeness (QED) is 0.383. The number of hydrogen-bond donors (Lipinski definition) is 0. The van der Waals surface area contributed by atoms with Gasteiger partial charge in [-0.15, -0.1) is 0 Å². The Morgan fingerprint density at radius 2 is 1.25 bits per heavy atom. The number of aromatic nitrogens is 1. The lowest BCUT2D eigenvalue weighted by Crippen LogP contribution is -2.11. The molecule has 0 spiro atoms. The van der Waals surface area contributed by atoms with Crippen molar-refractivity contribution in [2.75, 3.05) is 0 Å². The maximum Gasteiger partial charge on any atom is 0.231 e. The van der Waals surface area contributed by atoms with Crippen LogP contribution < -0.4 is 0 Å². The predicted octanol–water partition coefficient (Wildman–Crippen LogP) is 6.49. The van der Waals surface area contributed by atoms with Crippen LogP contribution in [0.1, 0.15) is 23.2 Å². The van der Waals surface area contributed by atoms with Crippen LogP contribution in [-0.2, 0) is 6.42 Å². The van der Waals surface area contributed by atoms with Crippen molar-refractivity contribution in [2.24, 2.45) is 0 Å². The van der Waals surface area contributed by atoms with Gasteiger partial charge in [0.1, 0.15) is 0 Å². The van der Waals surface area contributed by atoms with Gasteiger partial charge in [-0.3, -0.25) is 9.36 Å². The van der Waals surface area contributed by atoms with E-state index in [2.05, 4.69) is 42.5 Å².